The zero-order chi connectivity index (χ0) is 22.6. The van der Waals surface area contributed by atoms with E-state index in [2.05, 4.69) is 10.6 Å². The average Bonchev–Trinajstić information content (AvgIpc) is 2.75. The average molecular weight is 467 g/mol. The van der Waals surface area contributed by atoms with Crippen molar-refractivity contribution in [2.45, 2.75) is 87.3 Å². The topological polar surface area (TPSA) is 77.5 Å². The van der Waals surface area contributed by atoms with Gasteiger partial charge in [0.05, 0.1) is 9.79 Å². The standard InChI is InChI=1S/C24H34O5S2/c1-2-3-4-5-6-7-8-9-10-12-17-22-18-15-16-21-24(22)31(27,28)29-30(25,26)23-19-13-11-14-20-23/h11,13-16,18-21H,2-10,12,17H2,1H3. The molecule has 2 aromatic carbocycles. The van der Waals surface area contributed by atoms with Gasteiger partial charge in [-0.3, -0.25) is 0 Å². The molecule has 0 saturated heterocycles. The lowest BCUT2D eigenvalue weighted by atomic mass is 10.0. The summed E-state index contributed by atoms with van der Waals surface area (Å²) in [6.45, 7) is 2.22. The Hall–Kier alpha value is -1.70. The number of benzene rings is 2. The smallest absolute Gasteiger partial charge is 0.193 e. The second-order valence-electron chi connectivity index (χ2n) is 7.83. The first-order valence-corrected chi connectivity index (χ1v) is 14.0. The normalized spacial score (nSPS) is 12.2. The van der Waals surface area contributed by atoms with Crippen molar-refractivity contribution in [2.24, 2.45) is 0 Å². The monoisotopic (exact) mass is 466 g/mol. The Morgan fingerprint density at radius 3 is 1.74 bits per heavy atom. The van der Waals surface area contributed by atoms with Gasteiger partial charge < -0.3 is 0 Å². The van der Waals surface area contributed by atoms with Gasteiger partial charge in [0.15, 0.2) is 0 Å². The first-order chi connectivity index (χ1) is 14.9. The van der Waals surface area contributed by atoms with E-state index in [9.17, 15) is 16.8 Å². The first-order valence-electron chi connectivity index (χ1n) is 11.2. The molecule has 0 radical (unpaired) electrons. The van der Waals surface area contributed by atoms with E-state index in [0.717, 1.165) is 19.3 Å². The van der Waals surface area contributed by atoms with Crippen LogP contribution in [0, 0.1) is 0 Å². The summed E-state index contributed by atoms with van der Waals surface area (Å²) in [6.07, 6.45) is 12.5. The summed E-state index contributed by atoms with van der Waals surface area (Å²) in [5.41, 5.74) is 0.588. The highest BCUT2D eigenvalue weighted by molar-refractivity contribution is 8.00. The van der Waals surface area contributed by atoms with Crippen LogP contribution in [0.2, 0.25) is 0 Å². The maximum Gasteiger partial charge on any atom is 0.312 e. The highest BCUT2D eigenvalue weighted by Gasteiger charge is 2.28. The predicted octanol–water partition coefficient (Wildman–Crippen LogP) is 6.24. The van der Waals surface area contributed by atoms with Gasteiger partial charge >= 0.3 is 20.2 Å². The Morgan fingerprint density at radius 1 is 0.613 bits per heavy atom. The van der Waals surface area contributed by atoms with E-state index in [1.807, 2.05) is 0 Å². The molecule has 0 aliphatic carbocycles. The van der Waals surface area contributed by atoms with Crippen LogP contribution in [-0.4, -0.2) is 16.8 Å². The van der Waals surface area contributed by atoms with Gasteiger partial charge in [0.2, 0.25) is 0 Å². The Balaban J connectivity index is 1.88. The van der Waals surface area contributed by atoms with E-state index >= 15 is 0 Å². The molecule has 0 aromatic heterocycles. The number of unbranched alkanes of at least 4 members (excludes halogenated alkanes) is 9. The molecule has 0 spiro atoms. The van der Waals surface area contributed by atoms with E-state index in [1.54, 1.807) is 24.3 Å². The molecule has 0 aliphatic rings. The Morgan fingerprint density at radius 2 is 1.13 bits per heavy atom. The zero-order valence-corrected chi connectivity index (χ0v) is 20.0. The molecule has 172 valence electrons. The molecular formula is C24H34O5S2. The zero-order valence-electron chi connectivity index (χ0n) is 18.3. The summed E-state index contributed by atoms with van der Waals surface area (Å²) in [4.78, 5) is -0.267. The molecule has 0 atom stereocenters. The van der Waals surface area contributed by atoms with Gasteiger partial charge in [0.1, 0.15) is 0 Å². The Labute approximate surface area is 188 Å². The minimum Gasteiger partial charge on any atom is -0.193 e. The third kappa shape index (κ3) is 8.75. The van der Waals surface area contributed by atoms with Crippen molar-refractivity contribution in [3.8, 4) is 0 Å². The lowest BCUT2D eigenvalue weighted by molar-refractivity contribution is 0.461. The lowest BCUT2D eigenvalue weighted by Gasteiger charge is -2.11. The Bertz CT molecular complexity index is 984. The van der Waals surface area contributed by atoms with E-state index in [1.165, 1.54) is 75.3 Å². The van der Waals surface area contributed by atoms with Crippen LogP contribution in [0.25, 0.3) is 0 Å². The van der Waals surface area contributed by atoms with Crippen LogP contribution in [0.5, 0.6) is 0 Å². The molecule has 0 heterocycles. The van der Waals surface area contributed by atoms with Crippen molar-refractivity contribution < 1.29 is 20.5 Å². The summed E-state index contributed by atoms with van der Waals surface area (Å²) in [7, 11) is -8.86. The molecule has 0 N–H and O–H groups in total. The van der Waals surface area contributed by atoms with Crippen LogP contribution in [0.1, 0.15) is 76.7 Å². The largest absolute Gasteiger partial charge is 0.312 e. The molecule has 0 amide bonds. The van der Waals surface area contributed by atoms with E-state index in [-0.39, 0.29) is 9.79 Å². The summed E-state index contributed by atoms with van der Waals surface area (Å²) >= 11 is 0. The van der Waals surface area contributed by atoms with Gasteiger partial charge in [-0.25, -0.2) is 0 Å². The third-order valence-corrected chi connectivity index (χ3v) is 8.47. The maximum absolute atomic E-state index is 12.7. The van der Waals surface area contributed by atoms with Crippen molar-refractivity contribution in [3.63, 3.8) is 0 Å². The minimum atomic E-state index is -4.45. The maximum atomic E-state index is 12.7. The van der Waals surface area contributed by atoms with Crippen LogP contribution in [0.15, 0.2) is 64.4 Å². The van der Waals surface area contributed by atoms with Gasteiger partial charge in [-0.1, -0.05) is 101 Å². The van der Waals surface area contributed by atoms with Gasteiger partial charge in [-0.2, -0.15) is 16.8 Å². The van der Waals surface area contributed by atoms with E-state index in [4.69, 9.17) is 0 Å². The second kappa shape index (κ2) is 13.0. The van der Waals surface area contributed by atoms with E-state index in [0.29, 0.717) is 12.0 Å². The molecule has 2 rings (SSSR count). The molecule has 0 fully saturated rings. The summed E-state index contributed by atoms with van der Waals surface area (Å²) in [6, 6.07) is 13.8. The van der Waals surface area contributed by atoms with Crippen LogP contribution >= 0.6 is 0 Å². The van der Waals surface area contributed by atoms with Crippen molar-refractivity contribution in [1.29, 1.82) is 0 Å². The van der Waals surface area contributed by atoms with Crippen LogP contribution in [0.3, 0.4) is 0 Å². The van der Waals surface area contributed by atoms with Gasteiger partial charge in [0.25, 0.3) is 0 Å². The summed E-state index contributed by atoms with van der Waals surface area (Å²) in [5, 5.41) is 0. The fourth-order valence-corrected chi connectivity index (χ4v) is 6.32. The molecule has 5 nitrogen and oxygen atoms in total. The first kappa shape index (κ1) is 25.6. The number of aryl methyl sites for hydroxylation is 1. The molecule has 0 saturated carbocycles. The van der Waals surface area contributed by atoms with Gasteiger partial charge in [0, 0.05) is 0 Å². The highest BCUT2D eigenvalue weighted by atomic mass is 32.3. The fraction of sp³-hybridized carbons (Fsp3) is 0.500. The van der Waals surface area contributed by atoms with Crippen LogP contribution in [-0.2, 0) is 30.3 Å². The molecule has 7 heteroatoms. The van der Waals surface area contributed by atoms with Crippen LogP contribution < -0.4 is 0 Å². The summed E-state index contributed by atoms with van der Waals surface area (Å²) < 4.78 is 54.9. The summed E-state index contributed by atoms with van der Waals surface area (Å²) in [5.74, 6) is 0. The number of rotatable bonds is 15. The predicted molar refractivity (Wildman–Crippen MR) is 124 cm³/mol. The van der Waals surface area contributed by atoms with Gasteiger partial charge in [-0.05, 0) is 36.6 Å². The van der Waals surface area contributed by atoms with Gasteiger partial charge in [-0.15, -0.1) is 3.63 Å². The molecule has 0 bridgehead atoms. The van der Waals surface area contributed by atoms with Crippen molar-refractivity contribution >= 4 is 20.2 Å². The fourth-order valence-electron chi connectivity index (χ4n) is 3.54. The molecule has 2 aromatic rings. The molecule has 31 heavy (non-hydrogen) atoms. The lowest BCUT2D eigenvalue weighted by Crippen LogP contribution is -2.15. The minimum absolute atomic E-state index is 0.0783. The van der Waals surface area contributed by atoms with Crippen molar-refractivity contribution in [3.05, 3.63) is 60.2 Å². The quantitative estimate of drug-likeness (QED) is 0.290. The Kier molecular flexibility index (Phi) is 10.7. The van der Waals surface area contributed by atoms with E-state index < -0.39 is 20.2 Å². The third-order valence-electron chi connectivity index (χ3n) is 5.25. The van der Waals surface area contributed by atoms with Crippen LogP contribution in [0.4, 0.5) is 0 Å². The highest BCUT2D eigenvalue weighted by Crippen LogP contribution is 2.24. The number of hydrogen-bond acceptors (Lipinski definition) is 5. The molecule has 0 unspecified atom stereocenters. The van der Waals surface area contributed by atoms with Crippen molar-refractivity contribution in [1.82, 2.24) is 0 Å². The number of hydrogen-bond donors (Lipinski definition) is 0. The molecular weight excluding hydrogens is 432 g/mol. The SMILES string of the molecule is CCCCCCCCCCCCc1ccccc1S(=O)(=O)OS(=O)(=O)c1ccccc1. The van der Waals surface area contributed by atoms with Crippen molar-refractivity contribution in [2.75, 3.05) is 0 Å². The second-order valence-corrected chi connectivity index (χ2v) is 11.1. The molecule has 0 aliphatic heterocycles.